The van der Waals surface area contributed by atoms with Crippen LogP contribution >= 0.6 is 0 Å². The van der Waals surface area contributed by atoms with E-state index in [1.54, 1.807) is 12.4 Å². The minimum Gasteiger partial charge on any atom is -0.309 e. The monoisotopic (exact) mass is 654 g/mol. The zero-order valence-electron chi connectivity index (χ0n) is 33.3. The van der Waals surface area contributed by atoms with Crippen molar-refractivity contribution in [3.05, 3.63) is 179 Å². The molecule has 1 heterocycles. The van der Waals surface area contributed by atoms with Crippen LogP contribution in [0, 0.1) is 41.5 Å². The lowest BCUT2D eigenvalue weighted by molar-refractivity contribution is 1.13. The summed E-state index contributed by atoms with van der Waals surface area (Å²) in [5, 5.41) is 0. The third kappa shape index (κ3) is 6.40. The van der Waals surface area contributed by atoms with Crippen molar-refractivity contribution in [1.29, 1.82) is 0 Å². The first-order valence-electron chi connectivity index (χ1n) is 18.9. The van der Waals surface area contributed by atoms with Gasteiger partial charge in [0.15, 0.2) is 5.82 Å². The number of anilines is 6. The Bertz CT molecular complexity index is 2370. The molecule has 0 N–H and O–H groups in total. The number of para-hydroxylation sites is 1. The van der Waals surface area contributed by atoms with Gasteiger partial charge in [-0.1, -0.05) is 114 Å². The molecule has 4 heteroatoms. The van der Waals surface area contributed by atoms with Crippen molar-refractivity contribution >= 4 is 34.3 Å². The zero-order valence-corrected chi connectivity index (χ0v) is 29.3. The van der Waals surface area contributed by atoms with Crippen molar-refractivity contribution in [3.63, 3.8) is 0 Å². The van der Waals surface area contributed by atoms with Gasteiger partial charge in [-0.2, -0.15) is 0 Å². The highest BCUT2D eigenvalue weighted by Gasteiger charge is 2.23. The van der Waals surface area contributed by atoms with Crippen molar-refractivity contribution in [2.75, 3.05) is 9.80 Å². The summed E-state index contributed by atoms with van der Waals surface area (Å²) in [6.45, 7) is 11.3. The number of benzene rings is 6. The van der Waals surface area contributed by atoms with Crippen LogP contribution in [0.1, 0.15) is 38.9 Å². The quantitative estimate of drug-likeness (QED) is 0.163. The fourth-order valence-corrected chi connectivity index (χ4v) is 6.92. The maximum Gasteiger partial charge on any atom is 0.156 e. The van der Waals surface area contributed by atoms with E-state index in [0.717, 1.165) is 61.7 Å². The van der Waals surface area contributed by atoms with E-state index in [1.165, 1.54) is 0 Å². The maximum absolute atomic E-state index is 8.98. The molecule has 246 valence electrons. The molecule has 0 atom stereocenters. The van der Waals surface area contributed by atoms with Crippen LogP contribution in [0.4, 0.5) is 34.3 Å². The average molecular weight is 655 g/mol. The van der Waals surface area contributed by atoms with Crippen LogP contribution in [0.5, 0.6) is 0 Å². The number of nitrogens with zero attached hydrogens (tertiary/aromatic N) is 4. The van der Waals surface area contributed by atoms with Crippen LogP contribution in [0.25, 0.3) is 22.4 Å². The van der Waals surface area contributed by atoms with Gasteiger partial charge in [0.2, 0.25) is 0 Å². The molecule has 0 bridgehead atoms. The van der Waals surface area contributed by atoms with E-state index < -0.39 is 0 Å². The van der Waals surface area contributed by atoms with Gasteiger partial charge in [0, 0.05) is 22.5 Å². The third-order valence-corrected chi connectivity index (χ3v) is 8.88. The fraction of sp³-hybridized carbons (Fsp3) is 0.130. The number of aromatic nitrogens is 2. The van der Waals surface area contributed by atoms with E-state index in [0.29, 0.717) is 52.5 Å². The molecule has 0 spiro atoms. The second kappa shape index (κ2) is 13.9. The van der Waals surface area contributed by atoms with Crippen LogP contribution in [0.3, 0.4) is 0 Å². The average Bonchev–Trinajstić information content (AvgIpc) is 3.21. The normalized spacial score (nSPS) is 12.1. The molecule has 0 unspecified atom stereocenters. The molecule has 6 aromatic carbocycles. The van der Waals surface area contributed by atoms with Gasteiger partial charge in [0.25, 0.3) is 0 Å². The summed E-state index contributed by atoms with van der Waals surface area (Å²) in [4.78, 5) is 14.0. The highest BCUT2D eigenvalue weighted by Crippen LogP contribution is 2.45. The van der Waals surface area contributed by atoms with Crippen LogP contribution in [0.2, 0.25) is 0 Å². The van der Waals surface area contributed by atoms with E-state index >= 15 is 0 Å². The fourth-order valence-electron chi connectivity index (χ4n) is 6.92. The SMILES string of the molecule is [2H]c1c(C)c([2H])c(C)c(N(c2ccc(N(c3cncc(-c4ccccc4)n3)c3ccccc3-c3ccccc3)cc2)c2c(C)c([2H])c(C)c([2H])c2C)c1C. The first kappa shape index (κ1) is 27.9. The smallest absolute Gasteiger partial charge is 0.156 e. The van der Waals surface area contributed by atoms with Crippen LogP contribution < -0.4 is 9.80 Å². The first-order chi connectivity index (χ1) is 26.0. The van der Waals surface area contributed by atoms with Gasteiger partial charge in [-0.15, -0.1) is 0 Å². The zero-order chi connectivity index (χ0) is 38.3. The molecule has 4 nitrogen and oxygen atoms in total. The molecule has 0 saturated carbocycles. The maximum atomic E-state index is 8.98. The van der Waals surface area contributed by atoms with Gasteiger partial charge < -0.3 is 4.90 Å². The van der Waals surface area contributed by atoms with Crippen LogP contribution in [-0.2, 0) is 0 Å². The Kier molecular flexibility index (Phi) is 7.73. The molecule has 0 aliphatic carbocycles. The van der Waals surface area contributed by atoms with Gasteiger partial charge in [-0.25, -0.2) is 4.98 Å². The minimum absolute atomic E-state index is 0.308. The Labute approximate surface area is 302 Å². The van der Waals surface area contributed by atoms with Gasteiger partial charge in [0.05, 0.1) is 40.6 Å². The predicted octanol–water partition coefficient (Wildman–Crippen LogP) is 12.6. The van der Waals surface area contributed by atoms with Crippen molar-refractivity contribution in [2.24, 2.45) is 0 Å². The molecular formula is C46H42N4. The summed E-state index contributed by atoms with van der Waals surface area (Å²) in [6, 6.07) is 38.0. The van der Waals surface area contributed by atoms with Gasteiger partial charge >= 0.3 is 0 Å². The summed E-state index contributed by atoms with van der Waals surface area (Å²) < 4.78 is 35.9. The lowest BCUT2D eigenvalue weighted by Crippen LogP contribution is -2.17. The van der Waals surface area contributed by atoms with E-state index in [4.69, 9.17) is 10.5 Å². The molecule has 0 aliphatic rings. The number of rotatable bonds is 8. The summed E-state index contributed by atoms with van der Waals surface area (Å²) in [6.07, 6.45) is 3.56. The van der Waals surface area contributed by atoms with E-state index in [-0.39, 0.29) is 0 Å². The Morgan fingerprint density at radius 2 is 0.940 bits per heavy atom. The molecule has 0 saturated heterocycles. The Morgan fingerprint density at radius 3 is 1.48 bits per heavy atom. The van der Waals surface area contributed by atoms with Crippen molar-refractivity contribution in [2.45, 2.75) is 41.5 Å². The summed E-state index contributed by atoms with van der Waals surface area (Å²) >= 11 is 0. The van der Waals surface area contributed by atoms with Gasteiger partial charge in [0.1, 0.15) is 0 Å². The highest BCUT2D eigenvalue weighted by atomic mass is 15.2. The molecule has 7 rings (SSSR count). The Balaban J connectivity index is 1.46. The standard InChI is InChI=1S/C46H42N4/c1-31-25-33(3)45(34(4)26-31)50(46-35(5)27-32(2)28-36(46)6)40-23-21-39(22-24-40)49(43-20-14-13-19-41(43)37-15-9-7-10-16-37)44-30-47-29-42(48-44)38-17-11-8-12-18-38/h7-30H,1-6H3/i25D,26D,27D,28D. The minimum atomic E-state index is 0.308. The molecule has 0 amide bonds. The summed E-state index contributed by atoms with van der Waals surface area (Å²) in [5.41, 5.74) is 12.0. The van der Waals surface area contributed by atoms with Crippen molar-refractivity contribution in [1.82, 2.24) is 9.97 Å². The van der Waals surface area contributed by atoms with Crippen molar-refractivity contribution < 1.29 is 5.48 Å². The van der Waals surface area contributed by atoms with E-state index in [2.05, 4.69) is 34.1 Å². The Morgan fingerprint density at radius 1 is 0.480 bits per heavy atom. The Hall–Kier alpha value is -6.00. The molecule has 0 aliphatic heterocycles. The lowest BCUT2D eigenvalue weighted by atomic mass is 9.98. The van der Waals surface area contributed by atoms with E-state index in [1.807, 2.05) is 131 Å². The van der Waals surface area contributed by atoms with Crippen molar-refractivity contribution in [3.8, 4) is 22.4 Å². The highest BCUT2D eigenvalue weighted by molar-refractivity contribution is 5.89. The third-order valence-electron chi connectivity index (χ3n) is 8.88. The second-order valence-electron chi connectivity index (χ2n) is 12.6. The number of hydrogen-bond acceptors (Lipinski definition) is 4. The van der Waals surface area contributed by atoms with Crippen LogP contribution in [-0.4, -0.2) is 9.97 Å². The molecule has 7 aromatic rings. The molecule has 0 fully saturated rings. The van der Waals surface area contributed by atoms with Gasteiger partial charge in [-0.05, 0) is 99.7 Å². The summed E-state index contributed by atoms with van der Waals surface area (Å²) in [5.74, 6) is 0.648. The summed E-state index contributed by atoms with van der Waals surface area (Å²) in [7, 11) is 0. The molecular weight excluding hydrogens is 609 g/mol. The lowest BCUT2D eigenvalue weighted by Gasteiger charge is -2.32. The predicted molar refractivity (Wildman–Crippen MR) is 211 cm³/mol. The topological polar surface area (TPSA) is 32.3 Å². The molecule has 0 radical (unpaired) electrons. The molecule has 50 heavy (non-hydrogen) atoms. The first-order valence-corrected chi connectivity index (χ1v) is 16.9. The molecule has 1 aromatic heterocycles. The number of hydrogen-bond donors (Lipinski definition) is 0. The van der Waals surface area contributed by atoms with E-state index in [9.17, 15) is 0 Å². The largest absolute Gasteiger partial charge is 0.309 e. The van der Waals surface area contributed by atoms with Crippen LogP contribution in [0.15, 0.2) is 146 Å². The van der Waals surface area contributed by atoms with Gasteiger partial charge in [-0.3, -0.25) is 9.88 Å². The second-order valence-corrected chi connectivity index (χ2v) is 12.6.